The van der Waals surface area contributed by atoms with Crippen molar-refractivity contribution in [3.8, 4) is 0 Å². The second kappa shape index (κ2) is 5.96. The molecule has 1 aromatic rings. The maximum Gasteiger partial charge on any atom is 0.156 e. The fraction of sp³-hybridized carbons (Fsp3) is 0.692. The number of nitrogens with one attached hydrogen (secondary N) is 1. The third-order valence-electron chi connectivity index (χ3n) is 2.96. The SMILES string of the molecule is CCCNc1nc(COCC)nc2c1CCC2. The molecule has 0 unspecified atom stereocenters. The van der Waals surface area contributed by atoms with Crippen LogP contribution in [-0.4, -0.2) is 23.1 Å². The van der Waals surface area contributed by atoms with Crippen LogP contribution in [0.1, 0.15) is 43.8 Å². The van der Waals surface area contributed by atoms with Crippen molar-refractivity contribution >= 4 is 5.82 Å². The Kier molecular flexibility index (Phi) is 4.31. The number of ether oxygens (including phenoxy) is 1. The maximum atomic E-state index is 5.39. The lowest BCUT2D eigenvalue weighted by Gasteiger charge is -2.11. The molecule has 0 spiro atoms. The Labute approximate surface area is 103 Å². The number of fused-ring (bicyclic) bond motifs is 1. The predicted molar refractivity (Wildman–Crippen MR) is 68.2 cm³/mol. The van der Waals surface area contributed by atoms with Crippen molar-refractivity contribution < 1.29 is 4.74 Å². The molecule has 1 aromatic heterocycles. The highest BCUT2D eigenvalue weighted by Crippen LogP contribution is 2.26. The summed E-state index contributed by atoms with van der Waals surface area (Å²) >= 11 is 0. The van der Waals surface area contributed by atoms with Crippen molar-refractivity contribution in [1.29, 1.82) is 0 Å². The molecule has 0 saturated heterocycles. The highest BCUT2D eigenvalue weighted by molar-refractivity contribution is 5.48. The normalized spacial score (nSPS) is 13.8. The number of aromatic nitrogens is 2. The first-order chi connectivity index (χ1) is 8.35. The van der Waals surface area contributed by atoms with E-state index in [0.717, 1.165) is 37.4 Å². The molecule has 0 amide bonds. The molecule has 4 nitrogen and oxygen atoms in total. The van der Waals surface area contributed by atoms with Crippen molar-refractivity contribution in [1.82, 2.24) is 9.97 Å². The first-order valence-corrected chi connectivity index (χ1v) is 6.55. The summed E-state index contributed by atoms with van der Waals surface area (Å²) in [6, 6.07) is 0. The van der Waals surface area contributed by atoms with E-state index in [1.807, 2.05) is 6.92 Å². The highest BCUT2D eigenvalue weighted by atomic mass is 16.5. The van der Waals surface area contributed by atoms with Crippen molar-refractivity contribution in [2.24, 2.45) is 0 Å². The number of anilines is 1. The molecule has 0 aliphatic heterocycles. The van der Waals surface area contributed by atoms with Gasteiger partial charge in [0, 0.05) is 24.4 Å². The molecule has 1 aliphatic rings. The van der Waals surface area contributed by atoms with E-state index in [1.165, 1.54) is 17.7 Å². The third-order valence-corrected chi connectivity index (χ3v) is 2.96. The van der Waals surface area contributed by atoms with E-state index in [2.05, 4.69) is 22.2 Å². The smallest absolute Gasteiger partial charge is 0.156 e. The highest BCUT2D eigenvalue weighted by Gasteiger charge is 2.18. The Hall–Kier alpha value is -1.16. The van der Waals surface area contributed by atoms with E-state index in [1.54, 1.807) is 0 Å². The standard InChI is InChI=1S/C13H21N3O/c1-3-8-14-13-10-6-5-7-11(10)15-12(16-13)9-17-4-2/h3-9H2,1-2H3,(H,14,15,16). The lowest BCUT2D eigenvalue weighted by molar-refractivity contribution is 0.128. The van der Waals surface area contributed by atoms with Crippen molar-refractivity contribution in [3.63, 3.8) is 0 Å². The summed E-state index contributed by atoms with van der Waals surface area (Å²) in [6.45, 7) is 6.35. The van der Waals surface area contributed by atoms with E-state index >= 15 is 0 Å². The molecule has 0 atom stereocenters. The maximum absolute atomic E-state index is 5.39. The molecular formula is C13H21N3O. The molecule has 4 heteroatoms. The van der Waals surface area contributed by atoms with Gasteiger partial charge >= 0.3 is 0 Å². The van der Waals surface area contributed by atoms with Crippen LogP contribution in [0.4, 0.5) is 5.82 Å². The van der Waals surface area contributed by atoms with Gasteiger partial charge in [0.15, 0.2) is 5.82 Å². The van der Waals surface area contributed by atoms with Crippen LogP contribution in [0.25, 0.3) is 0 Å². The van der Waals surface area contributed by atoms with E-state index in [-0.39, 0.29) is 0 Å². The lowest BCUT2D eigenvalue weighted by atomic mass is 10.2. The molecule has 94 valence electrons. The summed E-state index contributed by atoms with van der Waals surface area (Å²) in [5, 5.41) is 3.40. The average Bonchev–Trinajstić information content (AvgIpc) is 2.81. The van der Waals surface area contributed by atoms with E-state index in [4.69, 9.17) is 4.74 Å². The van der Waals surface area contributed by atoms with Crippen LogP contribution in [0.15, 0.2) is 0 Å². The Bertz CT molecular complexity index is 379. The molecule has 0 bridgehead atoms. The van der Waals surface area contributed by atoms with Gasteiger partial charge in [0.1, 0.15) is 12.4 Å². The molecular weight excluding hydrogens is 214 g/mol. The average molecular weight is 235 g/mol. The second-order valence-electron chi connectivity index (χ2n) is 4.33. The molecule has 0 aromatic carbocycles. The monoisotopic (exact) mass is 235 g/mol. The Morgan fingerprint density at radius 1 is 1.24 bits per heavy atom. The minimum Gasteiger partial charge on any atom is -0.374 e. The van der Waals surface area contributed by atoms with E-state index in [0.29, 0.717) is 13.2 Å². The second-order valence-corrected chi connectivity index (χ2v) is 4.33. The first-order valence-electron chi connectivity index (χ1n) is 6.55. The molecule has 0 saturated carbocycles. The molecule has 0 fully saturated rings. The zero-order chi connectivity index (χ0) is 12.1. The minimum absolute atomic E-state index is 0.518. The van der Waals surface area contributed by atoms with E-state index in [9.17, 15) is 0 Å². The van der Waals surface area contributed by atoms with Gasteiger partial charge in [-0.1, -0.05) is 6.92 Å². The largest absolute Gasteiger partial charge is 0.374 e. The van der Waals surface area contributed by atoms with Gasteiger partial charge in [-0.15, -0.1) is 0 Å². The molecule has 1 N–H and O–H groups in total. The number of aryl methyl sites for hydroxylation is 1. The minimum atomic E-state index is 0.518. The topological polar surface area (TPSA) is 47.0 Å². The Morgan fingerprint density at radius 3 is 2.88 bits per heavy atom. The summed E-state index contributed by atoms with van der Waals surface area (Å²) < 4.78 is 5.39. The predicted octanol–water partition coefficient (Wildman–Crippen LogP) is 2.32. The van der Waals surface area contributed by atoms with Gasteiger partial charge in [0.25, 0.3) is 0 Å². The number of nitrogens with zero attached hydrogens (tertiary/aromatic N) is 2. The van der Waals surface area contributed by atoms with Gasteiger partial charge in [0.05, 0.1) is 0 Å². The van der Waals surface area contributed by atoms with Crippen LogP contribution in [-0.2, 0) is 24.2 Å². The van der Waals surface area contributed by atoms with Crippen molar-refractivity contribution in [2.75, 3.05) is 18.5 Å². The number of rotatable bonds is 6. The van der Waals surface area contributed by atoms with Gasteiger partial charge in [-0.3, -0.25) is 0 Å². The van der Waals surface area contributed by atoms with Crippen LogP contribution < -0.4 is 5.32 Å². The van der Waals surface area contributed by atoms with Crippen LogP contribution in [0.3, 0.4) is 0 Å². The van der Waals surface area contributed by atoms with E-state index < -0.39 is 0 Å². The zero-order valence-electron chi connectivity index (χ0n) is 10.8. The summed E-state index contributed by atoms with van der Waals surface area (Å²) in [5.41, 5.74) is 2.53. The molecule has 2 rings (SSSR count). The zero-order valence-corrected chi connectivity index (χ0v) is 10.8. The fourth-order valence-electron chi connectivity index (χ4n) is 2.13. The van der Waals surface area contributed by atoms with Gasteiger partial charge in [-0.2, -0.15) is 0 Å². The van der Waals surface area contributed by atoms with Gasteiger partial charge in [-0.05, 0) is 32.6 Å². The molecule has 1 heterocycles. The number of hydrogen-bond acceptors (Lipinski definition) is 4. The molecule has 17 heavy (non-hydrogen) atoms. The number of hydrogen-bond donors (Lipinski definition) is 1. The van der Waals surface area contributed by atoms with Crippen LogP contribution in [0, 0.1) is 0 Å². The van der Waals surface area contributed by atoms with Gasteiger partial charge in [-0.25, -0.2) is 9.97 Å². The Morgan fingerprint density at radius 2 is 2.12 bits per heavy atom. The molecule has 1 aliphatic carbocycles. The first kappa shape index (κ1) is 12.3. The summed E-state index contributed by atoms with van der Waals surface area (Å²) in [7, 11) is 0. The fourth-order valence-corrected chi connectivity index (χ4v) is 2.13. The van der Waals surface area contributed by atoms with Crippen LogP contribution in [0.5, 0.6) is 0 Å². The quantitative estimate of drug-likeness (QED) is 0.822. The van der Waals surface area contributed by atoms with Crippen LogP contribution in [0.2, 0.25) is 0 Å². The third kappa shape index (κ3) is 2.94. The van der Waals surface area contributed by atoms with Gasteiger partial charge in [0.2, 0.25) is 0 Å². The molecule has 0 radical (unpaired) electrons. The van der Waals surface area contributed by atoms with Crippen LogP contribution >= 0.6 is 0 Å². The lowest BCUT2D eigenvalue weighted by Crippen LogP contribution is -2.10. The summed E-state index contributed by atoms with van der Waals surface area (Å²) in [6.07, 6.45) is 4.50. The van der Waals surface area contributed by atoms with Gasteiger partial charge < -0.3 is 10.1 Å². The summed E-state index contributed by atoms with van der Waals surface area (Å²) in [4.78, 5) is 9.16. The van der Waals surface area contributed by atoms with Crippen molar-refractivity contribution in [2.45, 2.75) is 46.1 Å². The summed E-state index contributed by atoms with van der Waals surface area (Å²) in [5.74, 6) is 1.84. The van der Waals surface area contributed by atoms with Crippen molar-refractivity contribution in [3.05, 3.63) is 17.1 Å². The Balaban J connectivity index is 2.19.